The fraction of sp³-hybridized carbons (Fsp3) is 0.467. The summed E-state index contributed by atoms with van der Waals surface area (Å²) in [6, 6.07) is 13.0. The highest BCUT2D eigenvalue weighted by atomic mass is 32.2. The number of anilines is 2. The van der Waals surface area contributed by atoms with Crippen molar-refractivity contribution in [2.24, 2.45) is 0 Å². The van der Waals surface area contributed by atoms with Crippen molar-refractivity contribution in [1.82, 2.24) is 9.47 Å². The van der Waals surface area contributed by atoms with Gasteiger partial charge in [-0.25, -0.2) is 0 Å². The number of nitrogens with zero attached hydrogens (tertiary/aromatic N) is 2. The van der Waals surface area contributed by atoms with Crippen LogP contribution in [0.5, 0.6) is 5.75 Å². The predicted octanol–water partition coefficient (Wildman–Crippen LogP) is 5.02. The largest absolute Gasteiger partial charge is 0.495 e. The van der Waals surface area contributed by atoms with Gasteiger partial charge in [0.1, 0.15) is 12.3 Å². The van der Waals surface area contributed by atoms with Gasteiger partial charge < -0.3 is 35.1 Å². The number of likely N-dealkylation sites (tertiary alicyclic amines) is 1. The molecule has 11 heteroatoms. The second-order valence-electron chi connectivity index (χ2n) is 9.98. The quantitative estimate of drug-likeness (QED) is 0.185. The second-order valence-corrected chi connectivity index (χ2v) is 11.3. The number of alkyl halides is 3. The Morgan fingerprint density at radius 3 is 2.61 bits per heavy atom. The molecule has 1 unspecified atom stereocenters. The molecule has 0 saturated carbocycles. The number of halogens is 3. The maximum atomic E-state index is 13.6. The van der Waals surface area contributed by atoms with Gasteiger partial charge >= 0.3 is 6.18 Å². The molecule has 1 aliphatic rings. The Morgan fingerprint density at radius 1 is 1.15 bits per heavy atom. The Balaban J connectivity index is 1.51. The van der Waals surface area contributed by atoms with Crippen LogP contribution in [0.2, 0.25) is 0 Å². The average molecular weight is 591 g/mol. The molecular weight excluding hydrogens is 553 g/mol. The van der Waals surface area contributed by atoms with Gasteiger partial charge in [-0.2, -0.15) is 13.2 Å². The fourth-order valence-electron chi connectivity index (χ4n) is 5.05. The monoisotopic (exact) mass is 590 g/mol. The Labute approximate surface area is 243 Å². The summed E-state index contributed by atoms with van der Waals surface area (Å²) in [5.41, 5.74) is 2.30. The predicted molar refractivity (Wildman–Crippen MR) is 159 cm³/mol. The number of ether oxygens (including phenoxy) is 1. The summed E-state index contributed by atoms with van der Waals surface area (Å²) in [6.07, 6.45) is -3.53. The minimum atomic E-state index is -4.40. The van der Waals surface area contributed by atoms with E-state index in [-0.39, 0.29) is 19.2 Å². The second kappa shape index (κ2) is 14.2. The highest BCUT2D eigenvalue weighted by Gasteiger charge is 2.30. The van der Waals surface area contributed by atoms with Crippen molar-refractivity contribution < 1.29 is 28.1 Å². The summed E-state index contributed by atoms with van der Waals surface area (Å²) in [5.74, 6) is 7.56. The molecule has 3 aromatic rings. The summed E-state index contributed by atoms with van der Waals surface area (Å²) >= 11 is 1.71. The Bertz CT molecular complexity index is 1360. The summed E-state index contributed by atoms with van der Waals surface area (Å²) in [5, 5.41) is 26.2. The van der Waals surface area contributed by atoms with E-state index >= 15 is 0 Å². The third-order valence-corrected chi connectivity index (χ3v) is 7.85. The van der Waals surface area contributed by atoms with E-state index in [0.717, 1.165) is 48.0 Å². The number of nitrogens with one attached hydrogen (secondary N) is 2. The lowest BCUT2D eigenvalue weighted by Crippen LogP contribution is -2.43. The molecule has 1 fully saturated rings. The van der Waals surface area contributed by atoms with E-state index < -0.39 is 18.8 Å². The van der Waals surface area contributed by atoms with Crippen LogP contribution >= 0.6 is 11.8 Å². The van der Waals surface area contributed by atoms with Gasteiger partial charge in [-0.15, -0.1) is 11.8 Å². The molecule has 41 heavy (non-hydrogen) atoms. The van der Waals surface area contributed by atoms with E-state index in [2.05, 4.69) is 34.3 Å². The first kappa shape index (κ1) is 30.9. The number of β-amino-alcohol motifs (C(OH)–C–C–N with tert-alkyl or cyclic N) is 1. The molecule has 1 aromatic heterocycles. The van der Waals surface area contributed by atoms with Crippen molar-refractivity contribution in [3.63, 3.8) is 0 Å². The number of thioether (sulfide) groups is 1. The van der Waals surface area contributed by atoms with Crippen molar-refractivity contribution >= 4 is 34.0 Å². The fourth-order valence-corrected chi connectivity index (χ4v) is 5.74. The first-order chi connectivity index (χ1) is 19.7. The van der Waals surface area contributed by atoms with Crippen LogP contribution in [-0.4, -0.2) is 83.7 Å². The van der Waals surface area contributed by atoms with E-state index in [0.29, 0.717) is 28.9 Å². The zero-order valence-corrected chi connectivity index (χ0v) is 24.1. The van der Waals surface area contributed by atoms with E-state index in [4.69, 9.17) is 9.84 Å². The van der Waals surface area contributed by atoms with Gasteiger partial charge in [0.15, 0.2) is 0 Å². The molecule has 4 rings (SSSR count). The zero-order chi connectivity index (χ0) is 29.4. The van der Waals surface area contributed by atoms with Crippen LogP contribution in [0.1, 0.15) is 25.5 Å². The van der Waals surface area contributed by atoms with E-state index in [1.165, 1.54) is 4.57 Å². The van der Waals surface area contributed by atoms with Gasteiger partial charge in [0.05, 0.1) is 43.3 Å². The molecular formula is C30H37F3N4O3S. The topological polar surface area (TPSA) is 81.9 Å². The number of hydrogen-bond acceptors (Lipinski definition) is 7. The molecule has 0 spiro atoms. The number of hydrogen-bond donors (Lipinski definition) is 4. The third kappa shape index (κ3) is 8.49. The number of methoxy groups -OCH3 is 1. The Morgan fingerprint density at radius 2 is 1.93 bits per heavy atom. The van der Waals surface area contributed by atoms with Crippen LogP contribution in [0.4, 0.5) is 24.5 Å². The number of aliphatic hydroxyl groups excluding tert-OH is 2. The molecule has 0 aliphatic carbocycles. The van der Waals surface area contributed by atoms with Crippen molar-refractivity contribution in [1.29, 1.82) is 0 Å². The number of rotatable bonds is 11. The molecule has 1 atom stereocenters. The van der Waals surface area contributed by atoms with Crippen molar-refractivity contribution in [2.75, 3.05) is 56.3 Å². The number of aliphatic hydroxyl groups is 2. The molecule has 7 nitrogen and oxygen atoms in total. The van der Waals surface area contributed by atoms with Gasteiger partial charge in [-0.3, -0.25) is 0 Å². The van der Waals surface area contributed by atoms with Crippen molar-refractivity contribution in [3.05, 3.63) is 48.2 Å². The smallest absolute Gasteiger partial charge is 0.406 e. The lowest BCUT2D eigenvalue weighted by Gasteiger charge is -2.33. The van der Waals surface area contributed by atoms with Crippen molar-refractivity contribution in [2.45, 2.75) is 49.5 Å². The summed E-state index contributed by atoms with van der Waals surface area (Å²) < 4.78 is 47.5. The average Bonchev–Trinajstić information content (AvgIpc) is 3.29. The summed E-state index contributed by atoms with van der Waals surface area (Å²) in [7, 11) is 1.60. The molecule has 2 aromatic carbocycles. The van der Waals surface area contributed by atoms with E-state index in [1.54, 1.807) is 37.1 Å². The van der Waals surface area contributed by atoms with Crippen LogP contribution < -0.4 is 15.4 Å². The van der Waals surface area contributed by atoms with Gasteiger partial charge in [0, 0.05) is 41.6 Å². The Hall–Kier alpha value is -3.04. The van der Waals surface area contributed by atoms with E-state index in [9.17, 15) is 18.3 Å². The lowest BCUT2D eigenvalue weighted by atomic mass is 10.0. The maximum Gasteiger partial charge on any atom is 0.406 e. The molecule has 0 radical (unpaired) electrons. The number of piperidine rings is 1. The summed E-state index contributed by atoms with van der Waals surface area (Å²) in [6.45, 7) is 2.85. The molecule has 4 N–H and O–H groups in total. The standard InChI is InChI=1S/C30H37F3N4O3S/c1-3-41-24-9-10-27(29(17-24)40-2)34-13-5-6-22-16-25-26(7-4-8-28(25)37(22)20-30(31,32)33)35-21-11-14-36(15-12-21)18-23(39)19-38/h4,7-10,16-17,21,23,34-35,38-39H,3,11-15,18-20H2,1-2H3. The van der Waals surface area contributed by atoms with Crippen molar-refractivity contribution in [3.8, 4) is 17.6 Å². The zero-order valence-electron chi connectivity index (χ0n) is 23.3. The Kier molecular flexibility index (Phi) is 10.7. The number of benzene rings is 2. The molecule has 1 aliphatic heterocycles. The van der Waals surface area contributed by atoms with Crippen LogP contribution in [0.15, 0.2) is 47.4 Å². The first-order valence-electron chi connectivity index (χ1n) is 13.7. The molecule has 1 saturated heterocycles. The minimum absolute atomic E-state index is 0.143. The van der Waals surface area contributed by atoms with E-state index in [1.807, 2.05) is 24.3 Å². The number of aromatic nitrogens is 1. The number of fused-ring (bicyclic) bond motifs is 1. The van der Waals surface area contributed by atoms with Gasteiger partial charge in [-0.1, -0.05) is 18.9 Å². The highest BCUT2D eigenvalue weighted by Crippen LogP contribution is 2.32. The first-order valence-corrected chi connectivity index (χ1v) is 14.7. The normalized spacial score (nSPS) is 15.4. The minimum Gasteiger partial charge on any atom is -0.495 e. The van der Waals surface area contributed by atoms with Crippen LogP contribution in [0.3, 0.4) is 0 Å². The van der Waals surface area contributed by atoms with Gasteiger partial charge in [-0.05, 0) is 60.9 Å². The molecule has 0 bridgehead atoms. The summed E-state index contributed by atoms with van der Waals surface area (Å²) in [4.78, 5) is 3.20. The van der Waals surface area contributed by atoms with Crippen LogP contribution in [0.25, 0.3) is 10.9 Å². The molecule has 0 amide bonds. The van der Waals surface area contributed by atoms with Gasteiger partial charge in [0.25, 0.3) is 0 Å². The SMILES string of the molecule is CCSc1ccc(NCC#Cc2cc3c(NC4CCN(CC(O)CO)CC4)cccc3n2CC(F)(F)F)c(OC)c1. The molecule has 2 heterocycles. The third-order valence-electron chi connectivity index (χ3n) is 6.98. The maximum absolute atomic E-state index is 13.6. The molecule has 222 valence electrons. The van der Waals surface area contributed by atoms with Crippen LogP contribution in [0, 0.1) is 11.8 Å². The highest BCUT2D eigenvalue weighted by molar-refractivity contribution is 7.99. The van der Waals surface area contributed by atoms with Crippen LogP contribution in [-0.2, 0) is 6.54 Å². The lowest BCUT2D eigenvalue weighted by molar-refractivity contribution is -0.140. The van der Waals surface area contributed by atoms with Gasteiger partial charge in [0.2, 0.25) is 0 Å².